The van der Waals surface area contributed by atoms with E-state index in [1.807, 2.05) is 7.05 Å². The summed E-state index contributed by atoms with van der Waals surface area (Å²) in [6.45, 7) is 6.65. The first-order valence-corrected chi connectivity index (χ1v) is 7.28. The van der Waals surface area contributed by atoms with Crippen LogP contribution in [0.15, 0.2) is 18.2 Å². The van der Waals surface area contributed by atoms with Crippen LogP contribution in [0.4, 0.5) is 0 Å². The summed E-state index contributed by atoms with van der Waals surface area (Å²) in [6, 6.07) is 6.29. The Kier molecular flexibility index (Phi) is 5.76. The second-order valence-corrected chi connectivity index (χ2v) is 5.44. The Morgan fingerprint density at radius 3 is 2.74 bits per heavy atom. The lowest BCUT2D eigenvalue weighted by atomic mass is 10.3. The average molecular weight is 262 g/mol. The fourth-order valence-corrected chi connectivity index (χ4v) is 2.57. The lowest BCUT2D eigenvalue weighted by Crippen LogP contribution is -2.31. The molecule has 1 aromatic rings. The molecule has 2 rings (SSSR count). The van der Waals surface area contributed by atoms with Gasteiger partial charge in [0.15, 0.2) is 0 Å². The van der Waals surface area contributed by atoms with E-state index in [-0.39, 0.29) is 0 Å². The van der Waals surface area contributed by atoms with Crippen molar-refractivity contribution in [2.45, 2.75) is 25.9 Å². The molecule has 0 atom stereocenters. The Morgan fingerprint density at radius 1 is 1.26 bits per heavy atom. The molecule has 4 nitrogen and oxygen atoms in total. The summed E-state index contributed by atoms with van der Waals surface area (Å²) < 4.78 is 0. The molecular formula is C15H26N4. The maximum atomic E-state index is 4.66. The van der Waals surface area contributed by atoms with E-state index in [9.17, 15) is 0 Å². The molecule has 1 saturated heterocycles. The van der Waals surface area contributed by atoms with Crippen LogP contribution in [-0.4, -0.2) is 55.1 Å². The van der Waals surface area contributed by atoms with Gasteiger partial charge in [0.25, 0.3) is 0 Å². The van der Waals surface area contributed by atoms with Crippen molar-refractivity contribution in [1.29, 1.82) is 0 Å². The van der Waals surface area contributed by atoms with E-state index in [2.05, 4.69) is 45.3 Å². The summed E-state index contributed by atoms with van der Waals surface area (Å²) in [6.07, 6.45) is 2.74. The van der Waals surface area contributed by atoms with Crippen LogP contribution in [0.5, 0.6) is 0 Å². The predicted octanol–water partition coefficient (Wildman–Crippen LogP) is 1.33. The Morgan fingerprint density at radius 2 is 2.00 bits per heavy atom. The van der Waals surface area contributed by atoms with Gasteiger partial charge in [-0.1, -0.05) is 6.07 Å². The van der Waals surface area contributed by atoms with Crippen LogP contribution in [0.25, 0.3) is 0 Å². The summed E-state index contributed by atoms with van der Waals surface area (Å²) >= 11 is 0. The minimum Gasteiger partial charge on any atom is -0.314 e. The van der Waals surface area contributed by atoms with E-state index in [4.69, 9.17) is 0 Å². The molecular weight excluding hydrogens is 236 g/mol. The topological polar surface area (TPSA) is 31.4 Å². The molecule has 1 aliphatic rings. The van der Waals surface area contributed by atoms with Crippen LogP contribution in [0.2, 0.25) is 0 Å². The Labute approximate surface area is 116 Å². The highest BCUT2D eigenvalue weighted by Gasteiger charge is 2.12. The quantitative estimate of drug-likeness (QED) is 0.803. The standard InChI is InChI=1S/C15H26N4/c1-16-12-14-6-5-7-15(17-14)13-18(2)10-11-19-8-3-4-9-19/h5-7,16H,3-4,8-13H2,1-2H3. The summed E-state index contributed by atoms with van der Waals surface area (Å²) in [7, 11) is 4.14. The van der Waals surface area contributed by atoms with Crippen molar-refractivity contribution in [1.82, 2.24) is 20.1 Å². The van der Waals surface area contributed by atoms with E-state index < -0.39 is 0 Å². The van der Waals surface area contributed by atoms with Crippen molar-refractivity contribution in [2.24, 2.45) is 0 Å². The largest absolute Gasteiger partial charge is 0.314 e. The zero-order valence-corrected chi connectivity index (χ0v) is 12.2. The maximum absolute atomic E-state index is 4.66. The molecule has 0 spiro atoms. The fourth-order valence-electron chi connectivity index (χ4n) is 2.57. The summed E-state index contributed by atoms with van der Waals surface area (Å²) in [5.41, 5.74) is 2.28. The number of pyridine rings is 1. The average Bonchev–Trinajstić information content (AvgIpc) is 2.90. The molecule has 2 heterocycles. The van der Waals surface area contributed by atoms with Gasteiger partial charge in [0, 0.05) is 26.2 Å². The number of nitrogens with one attached hydrogen (secondary N) is 1. The molecule has 0 unspecified atom stereocenters. The molecule has 1 N–H and O–H groups in total. The molecule has 0 saturated carbocycles. The van der Waals surface area contributed by atoms with E-state index in [0.29, 0.717) is 0 Å². The third-order valence-corrected chi connectivity index (χ3v) is 3.65. The van der Waals surface area contributed by atoms with Gasteiger partial charge < -0.3 is 10.2 Å². The Bertz CT molecular complexity index is 374. The monoisotopic (exact) mass is 262 g/mol. The fraction of sp³-hybridized carbons (Fsp3) is 0.667. The van der Waals surface area contributed by atoms with Crippen molar-refractivity contribution in [3.05, 3.63) is 29.6 Å². The first kappa shape index (κ1) is 14.4. The van der Waals surface area contributed by atoms with Crippen LogP contribution in [0, 0.1) is 0 Å². The maximum Gasteiger partial charge on any atom is 0.0547 e. The SMILES string of the molecule is CNCc1cccc(CN(C)CCN2CCCC2)n1. The smallest absolute Gasteiger partial charge is 0.0547 e. The van der Waals surface area contributed by atoms with Gasteiger partial charge in [-0.3, -0.25) is 9.88 Å². The zero-order valence-electron chi connectivity index (χ0n) is 12.2. The van der Waals surface area contributed by atoms with Crippen LogP contribution in [0.1, 0.15) is 24.2 Å². The highest BCUT2D eigenvalue weighted by atomic mass is 15.2. The van der Waals surface area contributed by atoms with Crippen molar-refractivity contribution in [2.75, 3.05) is 40.3 Å². The highest BCUT2D eigenvalue weighted by Crippen LogP contribution is 2.07. The molecule has 1 fully saturated rings. The van der Waals surface area contributed by atoms with Gasteiger partial charge in [0.05, 0.1) is 11.4 Å². The minimum atomic E-state index is 0.839. The van der Waals surface area contributed by atoms with Crippen molar-refractivity contribution >= 4 is 0 Å². The van der Waals surface area contributed by atoms with Gasteiger partial charge in [-0.25, -0.2) is 0 Å². The lowest BCUT2D eigenvalue weighted by molar-refractivity contribution is 0.250. The third kappa shape index (κ3) is 4.90. The second-order valence-electron chi connectivity index (χ2n) is 5.44. The van der Waals surface area contributed by atoms with Crippen LogP contribution in [0.3, 0.4) is 0 Å². The molecule has 0 aromatic carbocycles. The first-order chi connectivity index (χ1) is 9.28. The van der Waals surface area contributed by atoms with Gasteiger partial charge in [0.1, 0.15) is 0 Å². The molecule has 106 valence electrons. The number of likely N-dealkylation sites (N-methyl/N-ethyl adjacent to an activating group) is 1. The van der Waals surface area contributed by atoms with E-state index in [1.54, 1.807) is 0 Å². The molecule has 4 heteroatoms. The van der Waals surface area contributed by atoms with Gasteiger partial charge >= 0.3 is 0 Å². The second kappa shape index (κ2) is 7.58. The van der Waals surface area contributed by atoms with Gasteiger partial charge in [0.2, 0.25) is 0 Å². The zero-order chi connectivity index (χ0) is 13.5. The van der Waals surface area contributed by atoms with Crippen LogP contribution >= 0.6 is 0 Å². The molecule has 1 aromatic heterocycles. The number of hydrogen-bond donors (Lipinski definition) is 1. The summed E-state index contributed by atoms with van der Waals surface area (Å²) in [4.78, 5) is 9.59. The number of aromatic nitrogens is 1. The highest BCUT2D eigenvalue weighted by molar-refractivity contribution is 5.11. The summed E-state index contributed by atoms with van der Waals surface area (Å²) in [5, 5.41) is 3.14. The normalized spacial score (nSPS) is 16.4. The molecule has 0 radical (unpaired) electrons. The van der Waals surface area contributed by atoms with E-state index in [1.165, 1.54) is 32.5 Å². The number of nitrogens with zero attached hydrogens (tertiary/aromatic N) is 3. The molecule has 1 aliphatic heterocycles. The van der Waals surface area contributed by atoms with Gasteiger partial charge in [-0.2, -0.15) is 0 Å². The Hall–Kier alpha value is -0.970. The van der Waals surface area contributed by atoms with Crippen LogP contribution in [-0.2, 0) is 13.1 Å². The molecule has 0 aliphatic carbocycles. The Balaban J connectivity index is 1.77. The van der Waals surface area contributed by atoms with Gasteiger partial charge in [-0.15, -0.1) is 0 Å². The van der Waals surface area contributed by atoms with E-state index in [0.717, 1.165) is 31.0 Å². The summed E-state index contributed by atoms with van der Waals surface area (Å²) in [5.74, 6) is 0. The number of likely N-dealkylation sites (tertiary alicyclic amines) is 1. The third-order valence-electron chi connectivity index (χ3n) is 3.65. The van der Waals surface area contributed by atoms with Gasteiger partial charge in [-0.05, 0) is 52.2 Å². The van der Waals surface area contributed by atoms with Crippen molar-refractivity contribution in [3.8, 4) is 0 Å². The minimum absolute atomic E-state index is 0.839. The van der Waals surface area contributed by atoms with Crippen molar-refractivity contribution in [3.63, 3.8) is 0 Å². The number of rotatable bonds is 7. The predicted molar refractivity (Wildman–Crippen MR) is 79.0 cm³/mol. The lowest BCUT2D eigenvalue weighted by Gasteiger charge is -2.21. The number of hydrogen-bond acceptors (Lipinski definition) is 4. The van der Waals surface area contributed by atoms with E-state index >= 15 is 0 Å². The van der Waals surface area contributed by atoms with Crippen LogP contribution < -0.4 is 5.32 Å². The molecule has 0 bridgehead atoms. The molecule has 19 heavy (non-hydrogen) atoms. The molecule has 0 amide bonds. The first-order valence-electron chi connectivity index (χ1n) is 7.28. The van der Waals surface area contributed by atoms with Crippen molar-refractivity contribution < 1.29 is 0 Å².